The van der Waals surface area contributed by atoms with Crippen LogP contribution in [0.15, 0.2) is 4.99 Å². The van der Waals surface area contributed by atoms with Gasteiger partial charge in [-0.3, -0.25) is 4.99 Å². The van der Waals surface area contributed by atoms with E-state index in [-0.39, 0.29) is 6.10 Å². The summed E-state index contributed by atoms with van der Waals surface area (Å²) in [6, 6.07) is 0. The van der Waals surface area contributed by atoms with E-state index in [0.29, 0.717) is 19.0 Å². The van der Waals surface area contributed by atoms with Crippen LogP contribution in [0.2, 0.25) is 0 Å². The van der Waals surface area contributed by atoms with Gasteiger partial charge in [-0.2, -0.15) is 0 Å². The van der Waals surface area contributed by atoms with Crippen LogP contribution in [0.4, 0.5) is 0 Å². The van der Waals surface area contributed by atoms with Crippen molar-refractivity contribution >= 4 is 5.96 Å². The van der Waals surface area contributed by atoms with Crippen molar-refractivity contribution in [2.45, 2.75) is 6.10 Å². The summed E-state index contributed by atoms with van der Waals surface area (Å²) in [5.74, 6) is 0.514. The molecule has 0 aromatic rings. The molecule has 0 saturated heterocycles. The highest BCUT2D eigenvalue weighted by Crippen LogP contribution is 1.96. The SMILES string of the molecule is CN1CC(O)CN=C1N. The van der Waals surface area contributed by atoms with E-state index >= 15 is 0 Å². The van der Waals surface area contributed by atoms with E-state index in [1.807, 2.05) is 0 Å². The molecule has 4 heteroatoms. The largest absolute Gasteiger partial charge is 0.389 e. The Morgan fingerprint density at radius 2 is 2.56 bits per heavy atom. The molecule has 0 spiro atoms. The van der Waals surface area contributed by atoms with Crippen LogP contribution in [-0.2, 0) is 0 Å². The number of rotatable bonds is 0. The maximum atomic E-state index is 8.99. The Kier molecular flexibility index (Phi) is 1.57. The Balaban J connectivity index is 2.56. The van der Waals surface area contributed by atoms with Crippen LogP contribution < -0.4 is 5.73 Å². The Bertz CT molecular complexity index is 134. The molecule has 0 fully saturated rings. The van der Waals surface area contributed by atoms with Gasteiger partial charge in [-0.1, -0.05) is 0 Å². The molecule has 0 aromatic carbocycles. The van der Waals surface area contributed by atoms with E-state index < -0.39 is 0 Å². The molecule has 1 unspecified atom stereocenters. The number of aliphatic imine (C=N–C) groups is 1. The van der Waals surface area contributed by atoms with Crippen LogP contribution in [0.3, 0.4) is 0 Å². The van der Waals surface area contributed by atoms with Gasteiger partial charge in [0.25, 0.3) is 0 Å². The minimum atomic E-state index is -0.345. The molecule has 0 aromatic heterocycles. The Morgan fingerprint density at radius 1 is 1.89 bits per heavy atom. The number of aliphatic hydroxyl groups is 1. The van der Waals surface area contributed by atoms with Crippen molar-refractivity contribution < 1.29 is 5.11 Å². The van der Waals surface area contributed by atoms with Gasteiger partial charge in [-0.05, 0) is 0 Å². The molecular weight excluding hydrogens is 118 g/mol. The molecule has 0 bridgehead atoms. The highest BCUT2D eigenvalue weighted by molar-refractivity contribution is 5.78. The molecule has 4 nitrogen and oxygen atoms in total. The minimum absolute atomic E-state index is 0.345. The van der Waals surface area contributed by atoms with Gasteiger partial charge in [0.05, 0.1) is 12.6 Å². The second-order valence-corrected chi connectivity index (χ2v) is 2.23. The average molecular weight is 129 g/mol. The fourth-order valence-electron chi connectivity index (χ4n) is 0.787. The number of nitrogens with two attached hydrogens (primary N) is 1. The topological polar surface area (TPSA) is 61.8 Å². The number of nitrogens with zero attached hydrogens (tertiary/aromatic N) is 2. The third-order valence-electron chi connectivity index (χ3n) is 1.34. The molecule has 3 N–H and O–H groups in total. The van der Waals surface area contributed by atoms with Crippen LogP contribution in [0.25, 0.3) is 0 Å². The van der Waals surface area contributed by atoms with Crippen LogP contribution in [-0.4, -0.2) is 42.2 Å². The zero-order chi connectivity index (χ0) is 6.85. The molecule has 0 radical (unpaired) electrons. The lowest BCUT2D eigenvalue weighted by atomic mass is 10.3. The standard InChI is InChI=1S/C5H11N3O/c1-8-3-4(9)2-7-5(8)6/h4,9H,2-3H2,1H3,(H2,6,7). The molecular formula is C5H11N3O. The summed E-state index contributed by atoms with van der Waals surface area (Å²) >= 11 is 0. The zero-order valence-corrected chi connectivity index (χ0v) is 5.41. The van der Waals surface area contributed by atoms with Crippen molar-refractivity contribution in [2.24, 2.45) is 10.7 Å². The van der Waals surface area contributed by atoms with Crippen molar-refractivity contribution in [3.8, 4) is 0 Å². The smallest absolute Gasteiger partial charge is 0.191 e. The predicted octanol–water partition coefficient (Wildman–Crippen LogP) is -1.39. The van der Waals surface area contributed by atoms with Gasteiger partial charge in [0.15, 0.2) is 5.96 Å². The number of guanidine groups is 1. The summed E-state index contributed by atoms with van der Waals surface area (Å²) in [5, 5.41) is 8.99. The predicted molar refractivity (Wildman–Crippen MR) is 35.1 cm³/mol. The van der Waals surface area contributed by atoms with Gasteiger partial charge in [-0.15, -0.1) is 0 Å². The van der Waals surface area contributed by atoms with E-state index in [0.717, 1.165) is 0 Å². The Morgan fingerprint density at radius 3 is 3.00 bits per heavy atom. The molecule has 0 aliphatic carbocycles. The van der Waals surface area contributed by atoms with E-state index in [2.05, 4.69) is 4.99 Å². The Labute approximate surface area is 54.0 Å². The van der Waals surface area contributed by atoms with Crippen molar-refractivity contribution in [1.29, 1.82) is 0 Å². The quantitative estimate of drug-likeness (QED) is 0.423. The van der Waals surface area contributed by atoms with E-state index in [1.54, 1.807) is 11.9 Å². The summed E-state index contributed by atoms with van der Waals surface area (Å²) in [7, 11) is 1.81. The third-order valence-corrected chi connectivity index (χ3v) is 1.34. The number of aliphatic hydroxyl groups excluding tert-OH is 1. The van der Waals surface area contributed by atoms with Gasteiger partial charge in [-0.25, -0.2) is 0 Å². The highest BCUT2D eigenvalue weighted by Gasteiger charge is 2.13. The first kappa shape index (κ1) is 6.35. The van der Waals surface area contributed by atoms with E-state index in [1.165, 1.54) is 0 Å². The maximum Gasteiger partial charge on any atom is 0.191 e. The first-order valence-corrected chi connectivity index (χ1v) is 2.89. The lowest BCUT2D eigenvalue weighted by Crippen LogP contribution is -2.44. The number of hydrogen-bond acceptors (Lipinski definition) is 4. The third kappa shape index (κ3) is 1.32. The van der Waals surface area contributed by atoms with Crippen LogP contribution in [0, 0.1) is 0 Å². The average Bonchev–Trinajstić information content (AvgIpc) is 1.80. The summed E-state index contributed by atoms with van der Waals surface area (Å²) in [5.41, 5.74) is 5.41. The van der Waals surface area contributed by atoms with Gasteiger partial charge in [0.1, 0.15) is 0 Å². The molecule has 1 atom stereocenters. The lowest BCUT2D eigenvalue weighted by molar-refractivity contribution is 0.148. The van der Waals surface area contributed by atoms with E-state index in [4.69, 9.17) is 10.8 Å². The van der Waals surface area contributed by atoms with Crippen LogP contribution >= 0.6 is 0 Å². The summed E-state index contributed by atoms with van der Waals surface area (Å²) in [4.78, 5) is 5.59. The van der Waals surface area contributed by atoms with Crippen molar-refractivity contribution in [1.82, 2.24) is 4.90 Å². The van der Waals surface area contributed by atoms with Crippen LogP contribution in [0.5, 0.6) is 0 Å². The molecule has 52 valence electrons. The second-order valence-electron chi connectivity index (χ2n) is 2.23. The maximum absolute atomic E-state index is 8.99. The fraction of sp³-hybridized carbons (Fsp3) is 0.800. The van der Waals surface area contributed by atoms with Crippen LogP contribution in [0.1, 0.15) is 0 Å². The normalized spacial score (nSPS) is 28.0. The number of hydrogen-bond donors (Lipinski definition) is 2. The fourth-order valence-corrected chi connectivity index (χ4v) is 0.787. The molecule has 1 rings (SSSR count). The highest BCUT2D eigenvalue weighted by atomic mass is 16.3. The van der Waals surface area contributed by atoms with Gasteiger partial charge in [0.2, 0.25) is 0 Å². The molecule has 9 heavy (non-hydrogen) atoms. The zero-order valence-electron chi connectivity index (χ0n) is 5.41. The van der Waals surface area contributed by atoms with Gasteiger partial charge in [0, 0.05) is 13.6 Å². The molecule has 1 aliphatic heterocycles. The Hall–Kier alpha value is -0.770. The minimum Gasteiger partial charge on any atom is -0.389 e. The van der Waals surface area contributed by atoms with Gasteiger partial charge < -0.3 is 15.7 Å². The van der Waals surface area contributed by atoms with E-state index in [9.17, 15) is 0 Å². The second kappa shape index (κ2) is 2.23. The number of β-amino-alcohol motifs (C(OH)–C–C–N with tert-alkyl or cyclic N) is 1. The van der Waals surface area contributed by atoms with Crippen molar-refractivity contribution in [2.75, 3.05) is 20.1 Å². The molecule has 1 aliphatic rings. The lowest BCUT2D eigenvalue weighted by Gasteiger charge is -2.25. The molecule has 0 saturated carbocycles. The first-order chi connectivity index (χ1) is 4.20. The molecule has 1 heterocycles. The summed E-state index contributed by atoms with van der Waals surface area (Å²) in [6.45, 7) is 1.03. The first-order valence-electron chi connectivity index (χ1n) is 2.89. The van der Waals surface area contributed by atoms with Crippen molar-refractivity contribution in [3.63, 3.8) is 0 Å². The summed E-state index contributed by atoms with van der Waals surface area (Å²) < 4.78 is 0. The monoisotopic (exact) mass is 129 g/mol. The summed E-state index contributed by atoms with van der Waals surface area (Å²) in [6.07, 6.45) is -0.345. The number of likely N-dealkylation sites (N-methyl/N-ethyl adjacent to an activating group) is 1. The van der Waals surface area contributed by atoms with Gasteiger partial charge >= 0.3 is 0 Å². The van der Waals surface area contributed by atoms with Crippen molar-refractivity contribution in [3.05, 3.63) is 0 Å². The molecule has 0 amide bonds.